The van der Waals surface area contributed by atoms with Crippen molar-refractivity contribution in [2.24, 2.45) is 0 Å². The second kappa shape index (κ2) is 7.50. The second-order valence-electron chi connectivity index (χ2n) is 4.85. The van der Waals surface area contributed by atoms with Crippen molar-refractivity contribution < 1.29 is 9.18 Å². The van der Waals surface area contributed by atoms with Gasteiger partial charge in [0.05, 0.1) is 5.69 Å². The number of nitrogen functional groups attached to an aromatic ring is 1. The first-order valence-corrected chi connectivity index (χ1v) is 7.95. The van der Waals surface area contributed by atoms with Crippen molar-refractivity contribution in [2.45, 2.75) is 12.8 Å². The van der Waals surface area contributed by atoms with Crippen LogP contribution >= 0.6 is 11.8 Å². The van der Waals surface area contributed by atoms with Crippen LogP contribution in [0.5, 0.6) is 0 Å². The third kappa shape index (κ3) is 4.68. The molecule has 0 radical (unpaired) electrons. The Hall–Kier alpha value is -1.27. The number of nitrogens with one attached hydrogen (secondary N) is 1. The van der Waals surface area contributed by atoms with Crippen LogP contribution in [0.3, 0.4) is 0 Å². The van der Waals surface area contributed by atoms with E-state index in [1.54, 1.807) is 0 Å². The zero-order chi connectivity index (χ0) is 14.4. The summed E-state index contributed by atoms with van der Waals surface area (Å²) in [6.07, 6.45) is 1.19. The lowest BCUT2D eigenvalue weighted by atomic mass is 10.2. The Balaban J connectivity index is 1.73. The molecule has 0 aliphatic carbocycles. The number of benzene rings is 1. The number of carbonyl (C=O) groups excluding carboxylic acids is 1. The quantitative estimate of drug-likeness (QED) is 0.818. The molecule has 4 nitrogen and oxygen atoms in total. The van der Waals surface area contributed by atoms with Gasteiger partial charge in [-0.15, -0.1) is 0 Å². The maximum atomic E-state index is 13.5. The van der Waals surface area contributed by atoms with E-state index in [0.29, 0.717) is 12.1 Å². The summed E-state index contributed by atoms with van der Waals surface area (Å²) in [5.74, 6) is 1.71. The summed E-state index contributed by atoms with van der Waals surface area (Å²) < 4.78 is 13.5. The Morgan fingerprint density at radius 3 is 2.90 bits per heavy atom. The van der Waals surface area contributed by atoms with Crippen molar-refractivity contribution in [2.75, 3.05) is 42.2 Å². The molecular formula is C14H20FN3OS. The molecule has 0 aromatic heterocycles. The molecule has 0 spiro atoms. The molecule has 1 aliphatic heterocycles. The van der Waals surface area contributed by atoms with Crippen LogP contribution in [0.15, 0.2) is 18.2 Å². The number of amides is 1. The molecule has 1 amide bonds. The van der Waals surface area contributed by atoms with Gasteiger partial charge in [0.15, 0.2) is 0 Å². The standard InChI is InChI=1S/C14H20FN3OS/c15-12-4-3-11(16)10-13(12)17-14(19)2-1-5-18-6-8-20-9-7-18/h3-4,10H,1-2,5-9,16H2,(H,17,19). The van der Waals surface area contributed by atoms with Gasteiger partial charge >= 0.3 is 0 Å². The molecule has 1 aromatic rings. The highest BCUT2D eigenvalue weighted by Crippen LogP contribution is 2.17. The molecule has 3 N–H and O–H groups in total. The molecule has 1 saturated heterocycles. The molecule has 2 rings (SSSR count). The molecule has 1 heterocycles. The third-order valence-corrected chi connectivity index (χ3v) is 4.19. The largest absolute Gasteiger partial charge is 0.399 e. The molecule has 0 unspecified atom stereocenters. The monoisotopic (exact) mass is 297 g/mol. The van der Waals surface area contributed by atoms with Gasteiger partial charge in [-0.3, -0.25) is 4.79 Å². The van der Waals surface area contributed by atoms with E-state index in [4.69, 9.17) is 5.73 Å². The Morgan fingerprint density at radius 1 is 1.40 bits per heavy atom. The molecule has 1 fully saturated rings. The van der Waals surface area contributed by atoms with Gasteiger partial charge in [-0.2, -0.15) is 11.8 Å². The van der Waals surface area contributed by atoms with E-state index in [2.05, 4.69) is 10.2 Å². The number of thioether (sulfide) groups is 1. The Kier molecular flexibility index (Phi) is 5.67. The molecule has 0 atom stereocenters. The van der Waals surface area contributed by atoms with Crippen molar-refractivity contribution >= 4 is 29.0 Å². The molecule has 1 aliphatic rings. The number of halogens is 1. The predicted octanol–water partition coefficient (Wildman–Crippen LogP) is 2.18. The van der Waals surface area contributed by atoms with E-state index in [0.717, 1.165) is 26.1 Å². The van der Waals surface area contributed by atoms with Crippen molar-refractivity contribution in [3.8, 4) is 0 Å². The first-order valence-electron chi connectivity index (χ1n) is 6.80. The highest BCUT2D eigenvalue weighted by molar-refractivity contribution is 7.99. The van der Waals surface area contributed by atoms with E-state index in [1.807, 2.05) is 11.8 Å². The van der Waals surface area contributed by atoms with Gasteiger partial charge in [0.1, 0.15) is 5.82 Å². The fourth-order valence-corrected chi connectivity index (χ4v) is 3.12. The van der Waals surface area contributed by atoms with Gasteiger partial charge in [-0.1, -0.05) is 0 Å². The summed E-state index contributed by atoms with van der Waals surface area (Å²) in [7, 11) is 0. The minimum atomic E-state index is -0.458. The predicted molar refractivity (Wildman–Crippen MR) is 82.4 cm³/mol. The van der Waals surface area contributed by atoms with Gasteiger partial charge in [0.2, 0.25) is 5.91 Å². The lowest BCUT2D eigenvalue weighted by molar-refractivity contribution is -0.116. The average Bonchev–Trinajstić information content (AvgIpc) is 2.44. The number of hydrogen-bond acceptors (Lipinski definition) is 4. The fourth-order valence-electron chi connectivity index (χ4n) is 2.14. The Morgan fingerprint density at radius 2 is 2.15 bits per heavy atom. The lowest BCUT2D eigenvalue weighted by Gasteiger charge is -2.25. The van der Waals surface area contributed by atoms with E-state index < -0.39 is 5.82 Å². The van der Waals surface area contributed by atoms with Crippen LogP contribution in [0.1, 0.15) is 12.8 Å². The van der Waals surface area contributed by atoms with Crippen molar-refractivity contribution in [3.63, 3.8) is 0 Å². The lowest BCUT2D eigenvalue weighted by Crippen LogP contribution is -2.33. The number of anilines is 2. The number of rotatable bonds is 5. The molecule has 6 heteroatoms. The van der Waals surface area contributed by atoms with E-state index in [9.17, 15) is 9.18 Å². The van der Waals surface area contributed by atoms with Crippen LogP contribution in [0, 0.1) is 5.82 Å². The molecular weight excluding hydrogens is 277 g/mol. The summed E-state index contributed by atoms with van der Waals surface area (Å²) in [4.78, 5) is 14.1. The minimum Gasteiger partial charge on any atom is -0.399 e. The molecule has 1 aromatic carbocycles. The minimum absolute atomic E-state index is 0.157. The summed E-state index contributed by atoms with van der Waals surface area (Å²) in [6, 6.07) is 4.17. The molecule has 110 valence electrons. The zero-order valence-corrected chi connectivity index (χ0v) is 12.2. The number of nitrogens with two attached hydrogens (primary N) is 1. The van der Waals surface area contributed by atoms with Crippen molar-refractivity contribution in [1.29, 1.82) is 0 Å². The zero-order valence-electron chi connectivity index (χ0n) is 11.4. The maximum Gasteiger partial charge on any atom is 0.224 e. The number of nitrogens with zero attached hydrogens (tertiary/aromatic N) is 1. The Labute approximate surface area is 122 Å². The van der Waals surface area contributed by atoms with Gasteiger partial charge in [0.25, 0.3) is 0 Å². The highest BCUT2D eigenvalue weighted by Gasteiger charge is 2.11. The van der Waals surface area contributed by atoms with Crippen LogP contribution in [0.25, 0.3) is 0 Å². The molecule has 0 saturated carbocycles. The topological polar surface area (TPSA) is 58.4 Å². The third-order valence-electron chi connectivity index (χ3n) is 3.25. The van der Waals surface area contributed by atoms with E-state index >= 15 is 0 Å². The Bertz CT molecular complexity index is 464. The average molecular weight is 297 g/mol. The van der Waals surface area contributed by atoms with Gasteiger partial charge in [-0.25, -0.2) is 4.39 Å². The van der Waals surface area contributed by atoms with Crippen LogP contribution in [0.2, 0.25) is 0 Å². The summed E-state index contributed by atoms with van der Waals surface area (Å²) in [5, 5.41) is 2.57. The van der Waals surface area contributed by atoms with Crippen LogP contribution in [0.4, 0.5) is 15.8 Å². The first-order chi connectivity index (χ1) is 9.65. The van der Waals surface area contributed by atoms with E-state index in [1.165, 1.54) is 29.7 Å². The first kappa shape index (κ1) is 15.1. The van der Waals surface area contributed by atoms with Crippen LogP contribution < -0.4 is 11.1 Å². The second-order valence-corrected chi connectivity index (χ2v) is 6.07. The van der Waals surface area contributed by atoms with Gasteiger partial charge in [-0.05, 0) is 31.2 Å². The van der Waals surface area contributed by atoms with E-state index in [-0.39, 0.29) is 11.6 Å². The van der Waals surface area contributed by atoms with Crippen LogP contribution in [-0.2, 0) is 4.79 Å². The number of hydrogen-bond donors (Lipinski definition) is 2. The molecule has 0 bridgehead atoms. The molecule has 20 heavy (non-hydrogen) atoms. The van der Waals surface area contributed by atoms with Gasteiger partial charge < -0.3 is 16.0 Å². The fraction of sp³-hybridized carbons (Fsp3) is 0.500. The van der Waals surface area contributed by atoms with Gasteiger partial charge in [0, 0.05) is 36.7 Å². The summed E-state index contributed by atoms with van der Waals surface area (Å²) in [6.45, 7) is 3.11. The number of carbonyl (C=O) groups is 1. The highest BCUT2D eigenvalue weighted by atomic mass is 32.2. The van der Waals surface area contributed by atoms with Crippen molar-refractivity contribution in [1.82, 2.24) is 4.90 Å². The smallest absolute Gasteiger partial charge is 0.224 e. The normalized spacial score (nSPS) is 16.1. The SMILES string of the molecule is Nc1ccc(F)c(NC(=O)CCCN2CCSCC2)c1. The van der Waals surface area contributed by atoms with Crippen molar-refractivity contribution in [3.05, 3.63) is 24.0 Å². The van der Waals surface area contributed by atoms with Crippen LogP contribution in [-0.4, -0.2) is 41.9 Å². The summed E-state index contributed by atoms with van der Waals surface area (Å²) in [5.41, 5.74) is 6.17. The maximum absolute atomic E-state index is 13.5. The summed E-state index contributed by atoms with van der Waals surface area (Å²) >= 11 is 1.97.